The summed E-state index contributed by atoms with van der Waals surface area (Å²) in [7, 11) is 1.57. The van der Waals surface area contributed by atoms with E-state index in [4.69, 9.17) is 26.2 Å². The molecule has 0 aromatic heterocycles. The first kappa shape index (κ1) is 14.2. The zero-order valence-corrected chi connectivity index (χ0v) is 11.6. The Bertz CT molecular complexity index is 625. The highest BCUT2D eigenvalue weighted by molar-refractivity contribution is 6.31. The summed E-state index contributed by atoms with van der Waals surface area (Å²) in [5.41, 5.74) is 0.869. The molecule has 0 amide bonds. The van der Waals surface area contributed by atoms with E-state index in [1.165, 1.54) is 6.07 Å². The molecule has 104 valence electrons. The van der Waals surface area contributed by atoms with Crippen molar-refractivity contribution in [3.05, 3.63) is 58.6 Å². The van der Waals surface area contributed by atoms with Crippen LogP contribution >= 0.6 is 11.6 Å². The maximum atomic E-state index is 11.1. The minimum Gasteiger partial charge on any atom is -0.496 e. The van der Waals surface area contributed by atoms with Gasteiger partial charge >= 0.3 is 5.97 Å². The third kappa shape index (κ3) is 3.22. The summed E-state index contributed by atoms with van der Waals surface area (Å²) >= 11 is 5.79. The van der Waals surface area contributed by atoms with Gasteiger partial charge in [0.15, 0.2) is 0 Å². The fraction of sp³-hybridized carbons (Fsp3) is 0.133. The molecule has 0 spiro atoms. The van der Waals surface area contributed by atoms with Gasteiger partial charge in [-0.05, 0) is 24.3 Å². The van der Waals surface area contributed by atoms with E-state index in [0.29, 0.717) is 10.8 Å². The van der Waals surface area contributed by atoms with E-state index in [9.17, 15) is 4.79 Å². The minimum atomic E-state index is -1.08. The van der Waals surface area contributed by atoms with E-state index >= 15 is 0 Å². The molecule has 0 aliphatic carbocycles. The lowest BCUT2D eigenvalue weighted by Crippen LogP contribution is -2.04. The monoisotopic (exact) mass is 292 g/mol. The molecule has 20 heavy (non-hydrogen) atoms. The van der Waals surface area contributed by atoms with Gasteiger partial charge in [0.2, 0.25) is 0 Å². The summed E-state index contributed by atoms with van der Waals surface area (Å²) in [5, 5.41) is 9.48. The van der Waals surface area contributed by atoms with Crippen molar-refractivity contribution in [3.63, 3.8) is 0 Å². The van der Waals surface area contributed by atoms with Crippen molar-refractivity contribution in [3.8, 4) is 11.5 Å². The number of halogens is 1. The zero-order valence-electron chi connectivity index (χ0n) is 10.8. The van der Waals surface area contributed by atoms with Gasteiger partial charge in [-0.1, -0.05) is 29.8 Å². The van der Waals surface area contributed by atoms with E-state index in [0.717, 1.165) is 5.56 Å². The second-order valence-corrected chi connectivity index (χ2v) is 4.48. The van der Waals surface area contributed by atoms with E-state index in [1.54, 1.807) is 19.2 Å². The van der Waals surface area contributed by atoms with E-state index in [1.807, 2.05) is 24.3 Å². The Kier molecular flexibility index (Phi) is 4.48. The van der Waals surface area contributed by atoms with Crippen LogP contribution in [0.5, 0.6) is 11.5 Å². The molecular formula is C15H13ClO4. The van der Waals surface area contributed by atoms with Crippen LogP contribution in [0.15, 0.2) is 42.5 Å². The SMILES string of the molecule is COc1ccccc1COc1ccc(Cl)cc1C(=O)O. The number of carboxylic acid groups (broad SMARTS) is 1. The van der Waals surface area contributed by atoms with Crippen LogP contribution in [0.4, 0.5) is 0 Å². The zero-order chi connectivity index (χ0) is 14.5. The topological polar surface area (TPSA) is 55.8 Å². The number of hydrogen-bond donors (Lipinski definition) is 1. The highest BCUT2D eigenvalue weighted by Gasteiger charge is 2.12. The lowest BCUT2D eigenvalue weighted by Gasteiger charge is -2.12. The van der Waals surface area contributed by atoms with E-state index < -0.39 is 5.97 Å². The summed E-state index contributed by atoms with van der Waals surface area (Å²) in [6.45, 7) is 0.214. The highest BCUT2D eigenvalue weighted by Crippen LogP contribution is 2.25. The van der Waals surface area contributed by atoms with Crippen molar-refractivity contribution in [1.82, 2.24) is 0 Å². The Labute approximate surface area is 121 Å². The molecule has 0 bridgehead atoms. The normalized spacial score (nSPS) is 10.1. The first-order chi connectivity index (χ1) is 9.61. The maximum absolute atomic E-state index is 11.1. The molecular weight excluding hydrogens is 280 g/mol. The summed E-state index contributed by atoms with van der Waals surface area (Å²) < 4.78 is 10.8. The summed E-state index contributed by atoms with van der Waals surface area (Å²) in [6.07, 6.45) is 0. The van der Waals surface area contributed by atoms with Crippen molar-refractivity contribution in [2.45, 2.75) is 6.61 Å². The maximum Gasteiger partial charge on any atom is 0.339 e. The van der Waals surface area contributed by atoms with Crippen LogP contribution in [-0.4, -0.2) is 18.2 Å². The van der Waals surface area contributed by atoms with Crippen LogP contribution in [0.25, 0.3) is 0 Å². The number of ether oxygens (including phenoxy) is 2. The van der Waals surface area contributed by atoms with Gasteiger partial charge in [-0.25, -0.2) is 4.79 Å². The Morgan fingerprint density at radius 3 is 2.65 bits per heavy atom. The average Bonchev–Trinajstić information content (AvgIpc) is 2.46. The van der Waals surface area contributed by atoms with Crippen molar-refractivity contribution in [1.29, 1.82) is 0 Å². The predicted molar refractivity (Wildman–Crippen MR) is 75.7 cm³/mol. The third-order valence-corrected chi connectivity index (χ3v) is 2.98. The molecule has 2 aromatic rings. The first-order valence-corrected chi connectivity index (χ1v) is 6.27. The molecule has 0 aliphatic rings. The largest absolute Gasteiger partial charge is 0.496 e. The van der Waals surface area contributed by atoms with Gasteiger partial charge in [-0.15, -0.1) is 0 Å². The lowest BCUT2D eigenvalue weighted by atomic mass is 10.2. The van der Waals surface area contributed by atoms with Crippen LogP contribution in [0.2, 0.25) is 5.02 Å². The van der Waals surface area contributed by atoms with Gasteiger partial charge in [0.1, 0.15) is 23.7 Å². The first-order valence-electron chi connectivity index (χ1n) is 5.89. The quantitative estimate of drug-likeness (QED) is 0.914. The van der Waals surface area contributed by atoms with Crippen LogP contribution in [0.3, 0.4) is 0 Å². The Morgan fingerprint density at radius 2 is 1.95 bits per heavy atom. The van der Waals surface area contributed by atoms with Crippen molar-refractivity contribution in [2.75, 3.05) is 7.11 Å². The van der Waals surface area contributed by atoms with Gasteiger partial charge in [0, 0.05) is 10.6 Å². The lowest BCUT2D eigenvalue weighted by molar-refractivity contribution is 0.0691. The number of carbonyl (C=O) groups is 1. The molecule has 0 saturated carbocycles. The molecule has 1 N–H and O–H groups in total. The smallest absolute Gasteiger partial charge is 0.339 e. The number of benzene rings is 2. The molecule has 4 nitrogen and oxygen atoms in total. The Hall–Kier alpha value is -2.20. The van der Waals surface area contributed by atoms with Crippen LogP contribution in [0, 0.1) is 0 Å². The molecule has 2 rings (SSSR count). The predicted octanol–water partition coefficient (Wildman–Crippen LogP) is 3.63. The summed E-state index contributed by atoms with van der Waals surface area (Å²) in [6, 6.07) is 11.9. The number of para-hydroxylation sites is 1. The van der Waals surface area contributed by atoms with Crippen molar-refractivity contribution < 1.29 is 19.4 Å². The standard InChI is InChI=1S/C15H13ClO4/c1-19-13-5-3-2-4-10(13)9-20-14-7-6-11(16)8-12(14)15(17)18/h2-8H,9H2,1H3,(H,17,18). The molecule has 0 unspecified atom stereocenters. The van der Waals surface area contributed by atoms with Gasteiger partial charge < -0.3 is 14.6 Å². The Morgan fingerprint density at radius 1 is 1.20 bits per heavy atom. The molecule has 0 fully saturated rings. The van der Waals surface area contributed by atoms with E-state index in [-0.39, 0.29) is 17.9 Å². The highest BCUT2D eigenvalue weighted by atomic mass is 35.5. The molecule has 0 heterocycles. The van der Waals surface area contributed by atoms with Crippen LogP contribution < -0.4 is 9.47 Å². The van der Waals surface area contributed by atoms with Gasteiger partial charge in [-0.3, -0.25) is 0 Å². The second-order valence-electron chi connectivity index (χ2n) is 4.05. The Balaban J connectivity index is 2.21. The molecule has 2 aromatic carbocycles. The average molecular weight is 293 g/mol. The van der Waals surface area contributed by atoms with Crippen molar-refractivity contribution >= 4 is 17.6 Å². The molecule has 0 aliphatic heterocycles. The van der Waals surface area contributed by atoms with Gasteiger partial charge in [0.25, 0.3) is 0 Å². The number of carboxylic acids is 1. The number of hydrogen-bond acceptors (Lipinski definition) is 3. The summed E-state index contributed by atoms with van der Waals surface area (Å²) in [4.78, 5) is 11.1. The van der Waals surface area contributed by atoms with E-state index in [2.05, 4.69) is 0 Å². The second kappa shape index (κ2) is 6.30. The summed E-state index contributed by atoms with van der Waals surface area (Å²) in [5.74, 6) is -0.117. The van der Waals surface area contributed by atoms with Crippen LogP contribution in [-0.2, 0) is 6.61 Å². The molecule has 5 heteroatoms. The number of rotatable bonds is 5. The fourth-order valence-corrected chi connectivity index (χ4v) is 1.95. The minimum absolute atomic E-state index is 0.0346. The van der Waals surface area contributed by atoms with Crippen LogP contribution in [0.1, 0.15) is 15.9 Å². The fourth-order valence-electron chi connectivity index (χ4n) is 1.77. The van der Waals surface area contributed by atoms with Gasteiger partial charge in [-0.2, -0.15) is 0 Å². The number of aromatic carboxylic acids is 1. The molecule has 0 radical (unpaired) electrons. The van der Waals surface area contributed by atoms with Gasteiger partial charge in [0.05, 0.1) is 7.11 Å². The van der Waals surface area contributed by atoms with Crippen molar-refractivity contribution in [2.24, 2.45) is 0 Å². The third-order valence-electron chi connectivity index (χ3n) is 2.75. The molecule has 0 atom stereocenters. The number of methoxy groups -OCH3 is 1. The molecule has 0 saturated heterocycles.